The van der Waals surface area contributed by atoms with Crippen LogP contribution in [0.5, 0.6) is 5.75 Å². The molecule has 2 N–H and O–H groups in total. The Labute approximate surface area is 99.2 Å². The first kappa shape index (κ1) is 11.5. The number of carbonyl (C=O) groups is 1. The van der Waals surface area contributed by atoms with Gasteiger partial charge < -0.3 is 10.4 Å². The lowest BCUT2D eigenvalue weighted by atomic mass is 10.0. The number of carbonyl (C=O) groups excluding carboxylic acids is 1. The molecule has 0 radical (unpaired) electrons. The lowest BCUT2D eigenvalue weighted by molar-refractivity contribution is -0.119. The average Bonchev–Trinajstić information content (AvgIpc) is 2.33. The average molecular weight is 237 g/mol. The molecular weight excluding hydrogens is 222 g/mol. The van der Waals surface area contributed by atoms with E-state index in [2.05, 4.69) is 5.32 Å². The number of hydrogen-bond acceptors (Lipinski definition) is 4. The third-order valence-electron chi connectivity index (χ3n) is 2.63. The van der Waals surface area contributed by atoms with Crippen LogP contribution in [0, 0.1) is 0 Å². The van der Waals surface area contributed by atoms with Gasteiger partial charge in [-0.3, -0.25) is 4.79 Å². The highest BCUT2D eigenvalue weighted by Gasteiger charge is 2.20. The van der Waals surface area contributed by atoms with Crippen LogP contribution in [0.2, 0.25) is 0 Å². The maximum Gasteiger partial charge on any atom is 0.154 e. The summed E-state index contributed by atoms with van der Waals surface area (Å²) in [5.74, 6) is 2.43. The molecule has 1 atom stereocenters. The van der Waals surface area contributed by atoms with Gasteiger partial charge in [-0.2, -0.15) is 11.8 Å². The first-order valence-electron chi connectivity index (χ1n) is 5.37. The molecule has 1 unspecified atom stereocenters. The molecule has 0 aromatic heterocycles. The summed E-state index contributed by atoms with van der Waals surface area (Å²) >= 11 is 1.82. The second kappa shape index (κ2) is 5.37. The zero-order valence-electron chi connectivity index (χ0n) is 8.98. The van der Waals surface area contributed by atoms with Crippen molar-refractivity contribution in [3.63, 3.8) is 0 Å². The van der Waals surface area contributed by atoms with Crippen LogP contribution < -0.4 is 5.32 Å². The van der Waals surface area contributed by atoms with Gasteiger partial charge in [-0.05, 0) is 17.7 Å². The summed E-state index contributed by atoms with van der Waals surface area (Å²) in [5, 5.41) is 12.4. The third-order valence-corrected chi connectivity index (χ3v) is 3.69. The van der Waals surface area contributed by atoms with Gasteiger partial charge in [0.15, 0.2) is 5.78 Å². The van der Waals surface area contributed by atoms with Gasteiger partial charge in [0.1, 0.15) is 5.75 Å². The Bertz CT molecular complexity index is 358. The molecule has 16 heavy (non-hydrogen) atoms. The van der Waals surface area contributed by atoms with Crippen molar-refractivity contribution >= 4 is 17.5 Å². The van der Waals surface area contributed by atoms with Gasteiger partial charge in [-0.25, -0.2) is 0 Å². The topological polar surface area (TPSA) is 49.3 Å². The molecule has 0 bridgehead atoms. The van der Waals surface area contributed by atoms with Crippen LogP contribution in [0.1, 0.15) is 5.56 Å². The molecule has 2 rings (SSSR count). The van der Waals surface area contributed by atoms with E-state index < -0.39 is 0 Å². The van der Waals surface area contributed by atoms with Gasteiger partial charge in [0.05, 0.1) is 6.04 Å². The molecule has 3 nitrogen and oxygen atoms in total. The summed E-state index contributed by atoms with van der Waals surface area (Å²) in [6, 6.07) is 6.82. The van der Waals surface area contributed by atoms with Crippen LogP contribution in [0.4, 0.5) is 0 Å². The quantitative estimate of drug-likeness (QED) is 0.829. The minimum absolute atomic E-state index is 0.00690. The number of phenols is 1. The summed E-state index contributed by atoms with van der Waals surface area (Å²) in [5.41, 5.74) is 0.958. The molecular formula is C12H15NO2S. The van der Waals surface area contributed by atoms with Gasteiger partial charge >= 0.3 is 0 Å². The molecule has 1 aliphatic heterocycles. The Hall–Kier alpha value is -1.00. The lowest BCUT2D eigenvalue weighted by Crippen LogP contribution is -2.44. The van der Waals surface area contributed by atoms with E-state index in [1.165, 1.54) is 0 Å². The van der Waals surface area contributed by atoms with Gasteiger partial charge in [0, 0.05) is 24.5 Å². The van der Waals surface area contributed by atoms with Crippen LogP contribution in [-0.4, -0.2) is 35.0 Å². The van der Waals surface area contributed by atoms with Crippen molar-refractivity contribution in [3.8, 4) is 5.75 Å². The van der Waals surface area contributed by atoms with Crippen molar-refractivity contribution < 1.29 is 9.90 Å². The van der Waals surface area contributed by atoms with Crippen molar-refractivity contribution in [3.05, 3.63) is 29.8 Å². The Kier molecular flexibility index (Phi) is 3.85. The lowest BCUT2D eigenvalue weighted by Gasteiger charge is -2.21. The fourth-order valence-corrected chi connectivity index (χ4v) is 2.68. The Balaban J connectivity index is 1.93. The van der Waals surface area contributed by atoms with Crippen LogP contribution in [0.3, 0.4) is 0 Å². The minimum atomic E-state index is -0.00690. The molecule has 0 aliphatic carbocycles. The van der Waals surface area contributed by atoms with E-state index >= 15 is 0 Å². The third kappa shape index (κ3) is 3.00. The Morgan fingerprint density at radius 2 is 2.19 bits per heavy atom. The zero-order valence-corrected chi connectivity index (χ0v) is 9.80. The number of phenolic OH excluding ortho intramolecular Hbond substituents is 1. The number of ketones is 1. The van der Waals surface area contributed by atoms with Crippen molar-refractivity contribution in [2.24, 2.45) is 0 Å². The Morgan fingerprint density at radius 1 is 1.44 bits per heavy atom. The maximum absolute atomic E-state index is 11.9. The summed E-state index contributed by atoms with van der Waals surface area (Å²) in [4.78, 5) is 11.9. The van der Waals surface area contributed by atoms with Gasteiger partial charge in [0.25, 0.3) is 0 Å². The molecule has 1 aromatic rings. The molecule has 1 aliphatic rings. The number of rotatable bonds is 3. The molecule has 0 spiro atoms. The van der Waals surface area contributed by atoms with Crippen molar-refractivity contribution in [2.45, 2.75) is 12.5 Å². The molecule has 1 aromatic carbocycles. The van der Waals surface area contributed by atoms with Gasteiger partial charge in [0.2, 0.25) is 0 Å². The molecule has 1 saturated heterocycles. The smallest absolute Gasteiger partial charge is 0.154 e. The van der Waals surface area contributed by atoms with Crippen LogP contribution in [0.15, 0.2) is 24.3 Å². The van der Waals surface area contributed by atoms with Crippen LogP contribution >= 0.6 is 11.8 Å². The predicted molar refractivity (Wildman–Crippen MR) is 65.9 cm³/mol. The first-order chi connectivity index (χ1) is 7.75. The van der Waals surface area contributed by atoms with Crippen molar-refractivity contribution in [1.82, 2.24) is 5.32 Å². The Morgan fingerprint density at radius 3 is 2.81 bits per heavy atom. The molecule has 1 fully saturated rings. The number of aromatic hydroxyl groups is 1. The molecule has 0 saturated carbocycles. The summed E-state index contributed by atoms with van der Waals surface area (Å²) in [7, 11) is 0. The summed E-state index contributed by atoms with van der Waals surface area (Å²) < 4.78 is 0. The van der Waals surface area contributed by atoms with Crippen molar-refractivity contribution in [1.29, 1.82) is 0 Å². The van der Waals surface area contributed by atoms with E-state index in [0.717, 1.165) is 23.6 Å². The molecule has 4 heteroatoms. The van der Waals surface area contributed by atoms with E-state index in [1.54, 1.807) is 24.3 Å². The SMILES string of the molecule is O=C(Cc1ccc(O)cc1)C1CSCCN1. The maximum atomic E-state index is 11.9. The summed E-state index contributed by atoms with van der Waals surface area (Å²) in [6.07, 6.45) is 0.443. The van der Waals surface area contributed by atoms with E-state index in [9.17, 15) is 4.79 Å². The van der Waals surface area contributed by atoms with E-state index in [0.29, 0.717) is 6.42 Å². The number of nitrogens with one attached hydrogen (secondary N) is 1. The van der Waals surface area contributed by atoms with E-state index in [1.807, 2.05) is 11.8 Å². The minimum Gasteiger partial charge on any atom is -0.508 e. The van der Waals surface area contributed by atoms with Gasteiger partial charge in [-0.1, -0.05) is 12.1 Å². The predicted octanol–water partition coefficient (Wildman–Crippen LogP) is 1.21. The number of Topliss-reactive ketones (excluding diaryl/α,β-unsaturated/α-hetero) is 1. The highest BCUT2D eigenvalue weighted by molar-refractivity contribution is 7.99. The largest absolute Gasteiger partial charge is 0.508 e. The van der Waals surface area contributed by atoms with Crippen molar-refractivity contribution in [2.75, 3.05) is 18.1 Å². The monoisotopic (exact) mass is 237 g/mol. The molecule has 1 heterocycles. The summed E-state index contributed by atoms with van der Waals surface area (Å²) in [6.45, 7) is 0.913. The van der Waals surface area contributed by atoms with E-state index in [4.69, 9.17) is 5.11 Å². The molecule has 0 amide bonds. The number of thioether (sulfide) groups is 1. The fourth-order valence-electron chi connectivity index (χ4n) is 1.71. The van der Waals surface area contributed by atoms with Crippen LogP contribution in [-0.2, 0) is 11.2 Å². The second-order valence-electron chi connectivity index (χ2n) is 3.89. The van der Waals surface area contributed by atoms with E-state index in [-0.39, 0.29) is 17.6 Å². The molecule has 86 valence electrons. The first-order valence-corrected chi connectivity index (χ1v) is 6.53. The number of benzene rings is 1. The fraction of sp³-hybridized carbons (Fsp3) is 0.417. The van der Waals surface area contributed by atoms with Crippen LogP contribution in [0.25, 0.3) is 0 Å². The number of hydrogen-bond donors (Lipinski definition) is 2. The van der Waals surface area contributed by atoms with Gasteiger partial charge in [-0.15, -0.1) is 0 Å². The normalized spacial score (nSPS) is 20.6. The zero-order chi connectivity index (χ0) is 11.4. The highest BCUT2D eigenvalue weighted by Crippen LogP contribution is 2.13. The highest BCUT2D eigenvalue weighted by atomic mass is 32.2. The second-order valence-corrected chi connectivity index (χ2v) is 5.04. The standard InChI is InChI=1S/C12H15NO2S/c14-10-3-1-9(2-4-10)7-12(15)11-8-16-6-5-13-11/h1-4,11,13-14H,5-8H2.